The molecule has 0 aliphatic rings. The van der Waals surface area contributed by atoms with E-state index < -0.39 is 0 Å². The lowest BCUT2D eigenvalue weighted by molar-refractivity contribution is 0.874. The van der Waals surface area contributed by atoms with Crippen molar-refractivity contribution in [3.63, 3.8) is 0 Å². The van der Waals surface area contributed by atoms with Gasteiger partial charge in [0.2, 0.25) is 0 Å². The zero-order valence-corrected chi connectivity index (χ0v) is 10.4. The molecule has 2 heteroatoms. The lowest BCUT2D eigenvalue weighted by atomic mass is 9.97. The van der Waals surface area contributed by atoms with E-state index in [0.29, 0.717) is 5.92 Å². The van der Waals surface area contributed by atoms with E-state index in [1.807, 2.05) is 13.2 Å². The van der Waals surface area contributed by atoms with Crippen molar-refractivity contribution in [3.8, 4) is 0 Å². The highest BCUT2D eigenvalue weighted by molar-refractivity contribution is 6.36. The third-order valence-electron chi connectivity index (χ3n) is 2.84. The summed E-state index contributed by atoms with van der Waals surface area (Å²) in [5, 5.41) is 2.07. The molecular formula is C13H16ClN. The minimum absolute atomic E-state index is 0.507. The molecule has 0 aliphatic heterocycles. The van der Waals surface area contributed by atoms with Gasteiger partial charge < -0.3 is 4.57 Å². The predicted octanol–water partition coefficient (Wildman–Crippen LogP) is 4.26. The molecule has 2 rings (SSSR count). The summed E-state index contributed by atoms with van der Waals surface area (Å²) in [5.74, 6) is 0.507. The molecule has 0 aliphatic carbocycles. The number of benzene rings is 1. The van der Waals surface area contributed by atoms with Gasteiger partial charge in [0, 0.05) is 24.1 Å². The normalized spacial score (nSPS) is 11.6. The van der Waals surface area contributed by atoms with Gasteiger partial charge in [-0.3, -0.25) is 0 Å². The maximum atomic E-state index is 6.26. The minimum atomic E-state index is 0.507. The molecule has 1 aromatic carbocycles. The van der Waals surface area contributed by atoms with Crippen LogP contribution in [0.15, 0.2) is 18.3 Å². The van der Waals surface area contributed by atoms with Crippen LogP contribution in [0.25, 0.3) is 10.9 Å². The molecule has 80 valence electrons. The highest BCUT2D eigenvalue weighted by atomic mass is 35.5. The molecule has 0 fully saturated rings. The monoisotopic (exact) mass is 221 g/mol. The van der Waals surface area contributed by atoms with Gasteiger partial charge in [0.15, 0.2) is 0 Å². The molecule has 0 amide bonds. The van der Waals surface area contributed by atoms with Crippen molar-refractivity contribution >= 4 is 22.5 Å². The fourth-order valence-electron chi connectivity index (χ4n) is 2.09. The van der Waals surface area contributed by atoms with Crippen LogP contribution >= 0.6 is 11.6 Å². The molecular weight excluding hydrogens is 206 g/mol. The van der Waals surface area contributed by atoms with Crippen LogP contribution in [0.2, 0.25) is 5.02 Å². The second-order valence-electron chi connectivity index (χ2n) is 4.49. The second kappa shape index (κ2) is 3.57. The number of nitrogens with zero attached hydrogens (tertiary/aromatic N) is 1. The summed E-state index contributed by atoms with van der Waals surface area (Å²) in [5.41, 5.74) is 3.86. The van der Waals surface area contributed by atoms with E-state index in [2.05, 4.69) is 37.5 Å². The summed E-state index contributed by atoms with van der Waals surface area (Å²) in [4.78, 5) is 0. The van der Waals surface area contributed by atoms with Crippen LogP contribution in [0.1, 0.15) is 30.9 Å². The Morgan fingerprint density at radius 2 is 1.93 bits per heavy atom. The Labute approximate surface area is 95.7 Å². The molecule has 0 saturated carbocycles. The molecule has 1 heterocycles. The van der Waals surface area contributed by atoms with Gasteiger partial charge in [0.1, 0.15) is 0 Å². The Hall–Kier alpha value is -0.950. The standard InChI is InChI=1S/C13H16ClN/c1-8(2)10-5-9(3)6-12-13(10)11(14)7-15(12)4/h5-8H,1-4H3. The number of halogens is 1. The number of hydrogen-bond donors (Lipinski definition) is 0. The van der Waals surface area contributed by atoms with E-state index in [1.165, 1.54) is 22.0 Å². The van der Waals surface area contributed by atoms with Crippen LogP contribution in [-0.2, 0) is 7.05 Å². The van der Waals surface area contributed by atoms with Gasteiger partial charge in [-0.25, -0.2) is 0 Å². The smallest absolute Gasteiger partial charge is 0.0664 e. The average Bonchev–Trinajstić information content (AvgIpc) is 2.41. The van der Waals surface area contributed by atoms with Gasteiger partial charge in [0.05, 0.1) is 5.02 Å². The van der Waals surface area contributed by atoms with Gasteiger partial charge in [-0.1, -0.05) is 31.5 Å². The fourth-order valence-corrected chi connectivity index (χ4v) is 2.44. The molecule has 0 bridgehead atoms. The Morgan fingerprint density at radius 1 is 1.27 bits per heavy atom. The Kier molecular flexibility index (Phi) is 2.51. The molecule has 0 N–H and O–H groups in total. The van der Waals surface area contributed by atoms with Crippen molar-refractivity contribution in [3.05, 3.63) is 34.5 Å². The average molecular weight is 222 g/mol. The van der Waals surface area contributed by atoms with E-state index in [0.717, 1.165) is 5.02 Å². The molecule has 0 spiro atoms. The van der Waals surface area contributed by atoms with E-state index in [4.69, 9.17) is 11.6 Å². The number of aryl methyl sites for hydroxylation is 2. The lowest BCUT2D eigenvalue weighted by Crippen LogP contribution is -1.92. The highest BCUT2D eigenvalue weighted by Crippen LogP contribution is 2.33. The van der Waals surface area contributed by atoms with Crippen molar-refractivity contribution in [1.82, 2.24) is 4.57 Å². The van der Waals surface area contributed by atoms with Gasteiger partial charge in [-0.2, -0.15) is 0 Å². The van der Waals surface area contributed by atoms with Crippen molar-refractivity contribution < 1.29 is 0 Å². The van der Waals surface area contributed by atoms with Gasteiger partial charge in [-0.05, 0) is 30.0 Å². The maximum Gasteiger partial charge on any atom is 0.0664 e. The van der Waals surface area contributed by atoms with E-state index in [1.54, 1.807) is 0 Å². The predicted molar refractivity (Wildman–Crippen MR) is 66.8 cm³/mol. The first-order chi connectivity index (χ1) is 7.00. The van der Waals surface area contributed by atoms with Crippen LogP contribution in [0, 0.1) is 6.92 Å². The van der Waals surface area contributed by atoms with Crippen molar-refractivity contribution in [1.29, 1.82) is 0 Å². The molecule has 0 saturated heterocycles. The summed E-state index contributed by atoms with van der Waals surface area (Å²) in [7, 11) is 2.04. The first-order valence-electron chi connectivity index (χ1n) is 5.25. The Bertz CT molecular complexity index is 509. The molecule has 0 radical (unpaired) electrons. The molecule has 15 heavy (non-hydrogen) atoms. The Balaban J connectivity index is 2.89. The molecule has 1 nitrogen and oxygen atoms in total. The van der Waals surface area contributed by atoms with Crippen molar-refractivity contribution in [2.75, 3.05) is 0 Å². The number of hydrogen-bond acceptors (Lipinski definition) is 0. The summed E-state index contributed by atoms with van der Waals surface area (Å²) in [6.45, 7) is 6.54. The van der Waals surface area contributed by atoms with Gasteiger partial charge in [0.25, 0.3) is 0 Å². The lowest BCUT2D eigenvalue weighted by Gasteiger charge is -2.10. The van der Waals surface area contributed by atoms with Crippen molar-refractivity contribution in [2.24, 2.45) is 7.05 Å². The molecule has 2 aromatic rings. The first kappa shape index (κ1) is 10.6. The Morgan fingerprint density at radius 3 is 2.53 bits per heavy atom. The second-order valence-corrected chi connectivity index (χ2v) is 4.90. The highest BCUT2D eigenvalue weighted by Gasteiger charge is 2.12. The zero-order valence-electron chi connectivity index (χ0n) is 9.63. The summed E-state index contributed by atoms with van der Waals surface area (Å²) in [6.07, 6.45) is 1.98. The van der Waals surface area contributed by atoms with Gasteiger partial charge >= 0.3 is 0 Å². The fraction of sp³-hybridized carbons (Fsp3) is 0.385. The van der Waals surface area contributed by atoms with Crippen LogP contribution in [0.5, 0.6) is 0 Å². The first-order valence-corrected chi connectivity index (χ1v) is 5.63. The number of fused-ring (bicyclic) bond motifs is 1. The summed E-state index contributed by atoms with van der Waals surface area (Å²) >= 11 is 6.26. The number of aromatic nitrogens is 1. The third-order valence-corrected chi connectivity index (χ3v) is 3.13. The molecule has 0 atom stereocenters. The SMILES string of the molecule is Cc1cc(C(C)C)c2c(Cl)cn(C)c2c1. The van der Waals surface area contributed by atoms with E-state index >= 15 is 0 Å². The zero-order chi connectivity index (χ0) is 11.2. The van der Waals surface area contributed by atoms with E-state index in [-0.39, 0.29) is 0 Å². The van der Waals surface area contributed by atoms with Crippen LogP contribution in [-0.4, -0.2) is 4.57 Å². The third kappa shape index (κ3) is 1.65. The quantitative estimate of drug-likeness (QED) is 0.678. The minimum Gasteiger partial charge on any atom is -0.349 e. The number of rotatable bonds is 1. The maximum absolute atomic E-state index is 6.26. The molecule has 1 aromatic heterocycles. The van der Waals surface area contributed by atoms with E-state index in [9.17, 15) is 0 Å². The topological polar surface area (TPSA) is 4.93 Å². The molecule has 0 unspecified atom stereocenters. The van der Waals surface area contributed by atoms with Crippen LogP contribution in [0.3, 0.4) is 0 Å². The van der Waals surface area contributed by atoms with Crippen LogP contribution < -0.4 is 0 Å². The largest absolute Gasteiger partial charge is 0.349 e. The van der Waals surface area contributed by atoms with Gasteiger partial charge in [-0.15, -0.1) is 0 Å². The van der Waals surface area contributed by atoms with Crippen molar-refractivity contribution in [2.45, 2.75) is 26.7 Å². The summed E-state index contributed by atoms with van der Waals surface area (Å²) in [6, 6.07) is 4.42. The van der Waals surface area contributed by atoms with Crippen LogP contribution in [0.4, 0.5) is 0 Å². The summed E-state index contributed by atoms with van der Waals surface area (Å²) < 4.78 is 2.09.